The van der Waals surface area contributed by atoms with Crippen LogP contribution in [0.2, 0.25) is 0 Å². The molecule has 1 aliphatic rings. The Balaban J connectivity index is 1.62. The molecule has 0 spiro atoms. The minimum Gasteiger partial charge on any atom is -0.459 e. The summed E-state index contributed by atoms with van der Waals surface area (Å²) in [6.07, 6.45) is 1.57. The normalized spacial score (nSPS) is 14.6. The standard InChI is InChI=1S/C23H29N3O4/c1-16(2)29-23(28)21-17(3)9-10-24-22(21)26-13-11-25(12-14-26)15-19-5-7-20(8-6-19)30-18(4)27/h5-10,16H,11-15H2,1-4H3. The summed E-state index contributed by atoms with van der Waals surface area (Å²) in [6.45, 7) is 11.1. The van der Waals surface area contributed by atoms with Gasteiger partial charge < -0.3 is 14.4 Å². The van der Waals surface area contributed by atoms with Gasteiger partial charge in [0.2, 0.25) is 0 Å². The van der Waals surface area contributed by atoms with Gasteiger partial charge in [-0.15, -0.1) is 0 Å². The van der Waals surface area contributed by atoms with Gasteiger partial charge in [-0.25, -0.2) is 9.78 Å². The average Bonchev–Trinajstić information content (AvgIpc) is 2.69. The number of hydrogen-bond acceptors (Lipinski definition) is 7. The van der Waals surface area contributed by atoms with E-state index >= 15 is 0 Å². The first-order chi connectivity index (χ1) is 14.3. The van der Waals surface area contributed by atoms with Crippen molar-refractivity contribution in [1.29, 1.82) is 0 Å². The first-order valence-corrected chi connectivity index (χ1v) is 10.2. The molecule has 0 amide bonds. The molecule has 1 aromatic carbocycles. The SMILES string of the molecule is CC(=O)Oc1ccc(CN2CCN(c3nccc(C)c3C(=O)OC(C)C)CC2)cc1. The molecular formula is C23H29N3O4. The van der Waals surface area contributed by atoms with E-state index < -0.39 is 0 Å². The number of esters is 2. The number of anilines is 1. The lowest BCUT2D eigenvalue weighted by Crippen LogP contribution is -2.46. The highest BCUT2D eigenvalue weighted by Gasteiger charge is 2.25. The third kappa shape index (κ3) is 5.57. The van der Waals surface area contributed by atoms with E-state index in [1.807, 2.05) is 51.1 Å². The summed E-state index contributed by atoms with van der Waals surface area (Å²) in [5.41, 5.74) is 2.59. The van der Waals surface area contributed by atoms with E-state index in [1.165, 1.54) is 6.92 Å². The molecule has 160 valence electrons. The fourth-order valence-corrected chi connectivity index (χ4v) is 3.51. The topological polar surface area (TPSA) is 72.0 Å². The van der Waals surface area contributed by atoms with Crippen molar-refractivity contribution in [3.8, 4) is 5.75 Å². The number of aryl methyl sites for hydroxylation is 1. The molecule has 0 N–H and O–H groups in total. The first kappa shape index (κ1) is 21.8. The van der Waals surface area contributed by atoms with E-state index in [1.54, 1.807) is 6.20 Å². The maximum Gasteiger partial charge on any atom is 0.342 e. The lowest BCUT2D eigenvalue weighted by molar-refractivity contribution is -0.131. The number of pyridine rings is 1. The predicted octanol–water partition coefficient (Wildman–Crippen LogP) is 3.20. The molecule has 1 saturated heterocycles. The molecule has 0 radical (unpaired) electrons. The Morgan fingerprint density at radius 2 is 1.73 bits per heavy atom. The smallest absolute Gasteiger partial charge is 0.342 e. The van der Waals surface area contributed by atoms with Crippen LogP contribution in [0.4, 0.5) is 5.82 Å². The maximum absolute atomic E-state index is 12.6. The van der Waals surface area contributed by atoms with Gasteiger partial charge in [0.25, 0.3) is 0 Å². The Hall–Kier alpha value is -2.93. The molecule has 0 atom stereocenters. The van der Waals surface area contributed by atoms with Crippen molar-refractivity contribution in [3.05, 3.63) is 53.2 Å². The fourth-order valence-electron chi connectivity index (χ4n) is 3.51. The van der Waals surface area contributed by atoms with E-state index in [9.17, 15) is 9.59 Å². The van der Waals surface area contributed by atoms with Gasteiger partial charge in [-0.1, -0.05) is 12.1 Å². The Labute approximate surface area is 177 Å². The van der Waals surface area contributed by atoms with E-state index in [4.69, 9.17) is 9.47 Å². The summed E-state index contributed by atoms with van der Waals surface area (Å²) in [6, 6.07) is 9.43. The second-order valence-corrected chi connectivity index (χ2v) is 7.78. The van der Waals surface area contributed by atoms with Crippen LogP contribution in [-0.2, 0) is 16.1 Å². The zero-order chi connectivity index (χ0) is 21.7. The number of ether oxygens (including phenoxy) is 2. The molecule has 0 unspecified atom stereocenters. The number of benzene rings is 1. The van der Waals surface area contributed by atoms with Crippen LogP contribution in [-0.4, -0.2) is 54.1 Å². The van der Waals surface area contributed by atoms with Gasteiger partial charge in [-0.05, 0) is 50.1 Å². The molecular weight excluding hydrogens is 382 g/mol. The number of hydrogen-bond donors (Lipinski definition) is 0. The van der Waals surface area contributed by atoms with Crippen LogP contribution < -0.4 is 9.64 Å². The van der Waals surface area contributed by atoms with Crippen LogP contribution in [0.1, 0.15) is 42.3 Å². The number of nitrogens with zero attached hydrogens (tertiary/aromatic N) is 3. The van der Waals surface area contributed by atoms with Crippen LogP contribution >= 0.6 is 0 Å². The molecule has 0 saturated carbocycles. The van der Waals surface area contributed by atoms with E-state index in [0.29, 0.717) is 17.1 Å². The average molecular weight is 412 g/mol. The summed E-state index contributed by atoms with van der Waals surface area (Å²) < 4.78 is 10.5. The minimum atomic E-state index is -0.319. The second-order valence-electron chi connectivity index (χ2n) is 7.78. The third-order valence-electron chi connectivity index (χ3n) is 4.95. The summed E-state index contributed by atoms with van der Waals surface area (Å²) >= 11 is 0. The molecule has 2 heterocycles. The highest BCUT2D eigenvalue weighted by molar-refractivity contribution is 5.96. The lowest BCUT2D eigenvalue weighted by Gasteiger charge is -2.36. The van der Waals surface area contributed by atoms with Crippen molar-refractivity contribution in [1.82, 2.24) is 9.88 Å². The summed E-state index contributed by atoms with van der Waals surface area (Å²) in [5, 5.41) is 0. The van der Waals surface area contributed by atoms with Crippen LogP contribution in [0.3, 0.4) is 0 Å². The Morgan fingerprint density at radius 1 is 1.07 bits per heavy atom. The zero-order valence-electron chi connectivity index (χ0n) is 18.1. The predicted molar refractivity (Wildman–Crippen MR) is 115 cm³/mol. The second kappa shape index (κ2) is 9.71. The van der Waals surface area contributed by atoms with E-state index in [-0.39, 0.29) is 18.0 Å². The van der Waals surface area contributed by atoms with Crippen LogP contribution in [0, 0.1) is 6.92 Å². The van der Waals surface area contributed by atoms with Crippen molar-refractivity contribution in [2.75, 3.05) is 31.1 Å². The van der Waals surface area contributed by atoms with Gasteiger partial charge in [0.15, 0.2) is 0 Å². The molecule has 0 aliphatic carbocycles. The quantitative estimate of drug-likeness (QED) is 0.534. The van der Waals surface area contributed by atoms with E-state index in [0.717, 1.165) is 43.9 Å². The number of rotatable bonds is 6. The van der Waals surface area contributed by atoms with Gasteiger partial charge in [0, 0.05) is 45.8 Å². The molecule has 0 bridgehead atoms. The zero-order valence-corrected chi connectivity index (χ0v) is 18.1. The molecule has 30 heavy (non-hydrogen) atoms. The van der Waals surface area contributed by atoms with Crippen molar-refractivity contribution in [3.63, 3.8) is 0 Å². The van der Waals surface area contributed by atoms with Crippen molar-refractivity contribution in [2.45, 2.75) is 40.3 Å². The van der Waals surface area contributed by atoms with Crippen molar-refractivity contribution < 1.29 is 19.1 Å². The molecule has 7 nitrogen and oxygen atoms in total. The summed E-state index contributed by atoms with van der Waals surface area (Å²) in [5.74, 6) is 0.620. The largest absolute Gasteiger partial charge is 0.459 e. The highest BCUT2D eigenvalue weighted by Crippen LogP contribution is 2.24. The monoisotopic (exact) mass is 411 g/mol. The van der Waals surface area contributed by atoms with Gasteiger partial charge in [0.1, 0.15) is 17.1 Å². The summed E-state index contributed by atoms with van der Waals surface area (Å²) in [7, 11) is 0. The molecule has 3 rings (SSSR count). The van der Waals surface area contributed by atoms with Gasteiger partial charge in [-0.3, -0.25) is 9.69 Å². The van der Waals surface area contributed by atoms with Gasteiger partial charge in [-0.2, -0.15) is 0 Å². The first-order valence-electron chi connectivity index (χ1n) is 10.2. The van der Waals surface area contributed by atoms with Crippen molar-refractivity contribution in [2.24, 2.45) is 0 Å². The lowest BCUT2D eigenvalue weighted by atomic mass is 10.1. The Kier molecular flexibility index (Phi) is 7.05. The number of piperazine rings is 1. The number of carbonyl (C=O) groups excluding carboxylic acids is 2. The van der Waals surface area contributed by atoms with Crippen molar-refractivity contribution >= 4 is 17.8 Å². The van der Waals surface area contributed by atoms with Crippen LogP contribution in [0.5, 0.6) is 5.75 Å². The fraction of sp³-hybridized carbons (Fsp3) is 0.435. The highest BCUT2D eigenvalue weighted by atomic mass is 16.5. The minimum absolute atomic E-state index is 0.172. The molecule has 7 heteroatoms. The number of aromatic nitrogens is 1. The van der Waals surface area contributed by atoms with Crippen LogP contribution in [0.15, 0.2) is 36.5 Å². The summed E-state index contributed by atoms with van der Waals surface area (Å²) in [4.78, 5) is 32.7. The Bertz CT molecular complexity index is 888. The molecule has 1 aliphatic heterocycles. The van der Waals surface area contributed by atoms with E-state index in [2.05, 4.69) is 14.8 Å². The third-order valence-corrected chi connectivity index (χ3v) is 4.95. The molecule has 1 fully saturated rings. The van der Waals surface area contributed by atoms with Crippen LogP contribution in [0.25, 0.3) is 0 Å². The number of carbonyl (C=O) groups is 2. The van der Waals surface area contributed by atoms with Gasteiger partial charge in [0.05, 0.1) is 6.10 Å². The maximum atomic E-state index is 12.6. The molecule has 2 aromatic rings. The Morgan fingerprint density at radius 3 is 2.33 bits per heavy atom. The van der Waals surface area contributed by atoms with Gasteiger partial charge >= 0.3 is 11.9 Å². The molecule has 1 aromatic heterocycles.